The fraction of sp³-hybridized carbons (Fsp3) is 0.0667. The lowest BCUT2D eigenvalue weighted by Crippen LogP contribution is -1.80. The zero-order valence-electron chi connectivity index (χ0n) is 8.73. The summed E-state index contributed by atoms with van der Waals surface area (Å²) in [6.07, 6.45) is 0. The molecule has 1 heterocycles. The topological polar surface area (TPSA) is 12.5 Å². The molecule has 76 valence electrons. The maximum absolute atomic E-state index is 5.39. The third kappa shape index (κ3) is 0.951. The fourth-order valence-corrected chi connectivity index (χ4v) is 2.50. The highest BCUT2D eigenvalue weighted by Gasteiger charge is 2.30. The van der Waals surface area contributed by atoms with Crippen LogP contribution in [0.1, 0.15) is 11.1 Å². The standard InChI is InChI=1S/C15H10O/c1-3-7-12-10(5-1)11-6-2-4-8-13(11)15(12)14-9-16-14/h1-8H,9H2. The van der Waals surface area contributed by atoms with E-state index < -0.39 is 0 Å². The summed E-state index contributed by atoms with van der Waals surface area (Å²) >= 11 is 0. The molecule has 1 saturated heterocycles. The van der Waals surface area contributed by atoms with E-state index in [1.165, 1.54) is 27.8 Å². The lowest BCUT2D eigenvalue weighted by Gasteiger charge is -1.98. The van der Waals surface area contributed by atoms with Crippen molar-refractivity contribution in [1.82, 2.24) is 0 Å². The number of hydrogen-bond donors (Lipinski definition) is 0. The van der Waals surface area contributed by atoms with Crippen molar-refractivity contribution in [3.63, 3.8) is 0 Å². The Bertz CT molecular complexity index is 569. The van der Waals surface area contributed by atoms with Gasteiger partial charge >= 0.3 is 0 Å². The van der Waals surface area contributed by atoms with Crippen LogP contribution in [0.5, 0.6) is 0 Å². The molecule has 1 aliphatic heterocycles. The summed E-state index contributed by atoms with van der Waals surface area (Å²) in [5.41, 5.74) is 6.59. The van der Waals surface area contributed by atoms with E-state index in [2.05, 4.69) is 48.5 Å². The zero-order valence-corrected chi connectivity index (χ0v) is 8.73. The molecule has 16 heavy (non-hydrogen) atoms. The summed E-state index contributed by atoms with van der Waals surface area (Å²) in [4.78, 5) is 0. The van der Waals surface area contributed by atoms with Gasteiger partial charge in [-0.1, -0.05) is 48.5 Å². The van der Waals surface area contributed by atoms with Crippen molar-refractivity contribution in [3.8, 4) is 11.1 Å². The van der Waals surface area contributed by atoms with Crippen LogP contribution in [0, 0.1) is 0 Å². The minimum atomic E-state index is 0.790. The van der Waals surface area contributed by atoms with Crippen LogP contribution in [0.15, 0.2) is 54.3 Å². The van der Waals surface area contributed by atoms with Crippen molar-refractivity contribution < 1.29 is 4.74 Å². The van der Waals surface area contributed by atoms with Crippen LogP contribution in [0.2, 0.25) is 0 Å². The maximum Gasteiger partial charge on any atom is 0.146 e. The molecule has 0 bridgehead atoms. The number of rotatable bonds is 0. The largest absolute Gasteiger partial charge is 0.486 e. The van der Waals surface area contributed by atoms with E-state index in [0.717, 1.165) is 12.4 Å². The van der Waals surface area contributed by atoms with Crippen molar-refractivity contribution in [1.29, 1.82) is 0 Å². The number of fused-ring (bicyclic) bond motifs is 3. The monoisotopic (exact) mass is 206 g/mol. The van der Waals surface area contributed by atoms with Gasteiger partial charge in [-0.2, -0.15) is 0 Å². The van der Waals surface area contributed by atoms with Crippen LogP contribution in [0.25, 0.3) is 16.7 Å². The van der Waals surface area contributed by atoms with Gasteiger partial charge in [-0.05, 0) is 22.3 Å². The summed E-state index contributed by atoms with van der Waals surface area (Å²) < 4.78 is 5.39. The Kier molecular flexibility index (Phi) is 1.41. The van der Waals surface area contributed by atoms with E-state index in [4.69, 9.17) is 4.74 Å². The Balaban J connectivity index is 2.15. The number of epoxide rings is 1. The fourth-order valence-electron chi connectivity index (χ4n) is 2.50. The van der Waals surface area contributed by atoms with Gasteiger partial charge in [0, 0.05) is 5.57 Å². The first kappa shape index (κ1) is 8.17. The van der Waals surface area contributed by atoms with E-state index in [1.54, 1.807) is 0 Å². The van der Waals surface area contributed by atoms with Crippen molar-refractivity contribution in [3.05, 3.63) is 65.4 Å². The highest BCUT2D eigenvalue weighted by Crippen LogP contribution is 2.47. The Hall–Kier alpha value is -2.02. The molecule has 0 N–H and O–H groups in total. The van der Waals surface area contributed by atoms with Gasteiger partial charge in [0.25, 0.3) is 0 Å². The van der Waals surface area contributed by atoms with Crippen molar-refractivity contribution in [2.45, 2.75) is 0 Å². The number of benzene rings is 2. The molecule has 0 amide bonds. The molecule has 1 aliphatic carbocycles. The molecule has 0 unspecified atom stereocenters. The predicted molar refractivity (Wildman–Crippen MR) is 63.9 cm³/mol. The van der Waals surface area contributed by atoms with E-state index in [0.29, 0.717) is 0 Å². The highest BCUT2D eigenvalue weighted by molar-refractivity contribution is 6.02. The Labute approximate surface area is 94.0 Å². The lowest BCUT2D eigenvalue weighted by molar-refractivity contribution is 0.511. The van der Waals surface area contributed by atoms with Gasteiger partial charge in [0.2, 0.25) is 0 Å². The van der Waals surface area contributed by atoms with Crippen molar-refractivity contribution in [2.75, 3.05) is 6.61 Å². The molecular formula is C15H10O. The molecule has 1 fully saturated rings. The van der Waals surface area contributed by atoms with E-state index in [1.807, 2.05) is 0 Å². The van der Waals surface area contributed by atoms with Crippen LogP contribution in [-0.2, 0) is 4.74 Å². The third-order valence-corrected chi connectivity index (χ3v) is 3.25. The van der Waals surface area contributed by atoms with Crippen LogP contribution in [0.3, 0.4) is 0 Å². The highest BCUT2D eigenvalue weighted by atomic mass is 16.6. The Morgan fingerprint density at radius 2 is 1.12 bits per heavy atom. The van der Waals surface area contributed by atoms with E-state index in [9.17, 15) is 0 Å². The van der Waals surface area contributed by atoms with Gasteiger partial charge in [-0.25, -0.2) is 0 Å². The van der Waals surface area contributed by atoms with Gasteiger partial charge in [0.05, 0.1) is 0 Å². The maximum atomic E-state index is 5.39. The zero-order chi connectivity index (χ0) is 10.5. The average Bonchev–Trinajstić information content (AvgIpc) is 3.11. The van der Waals surface area contributed by atoms with Crippen LogP contribution >= 0.6 is 0 Å². The summed E-state index contributed by atoms with van der Waals surface area (Å²) in [7, 11) is 0. The normalized spacial score (nSPS) is 15.5. The Morgan fingerprint density at radius 1 is 0.688 bits per heavy atom. The van der Waals surface area contributed by atoms with Crippen LogP contribution in [0.4, 0.5) is 0 Å². The molecular weight excluding hydrogens is 196 g/mol. The molecule has 0 aromatic heterocycles. The molecule has 1 nitrogen and oxygen atoms in total. The van der Waals surface area contributed by atoms with Gasteiger partial charge < -0.3 is 4.74 Å². The smallest absolute Gasteiger partial charge is 0.146 e. The van der Waals surface area contributed by atoms with Gasteiger partial charge in [-0.3, -0.25) is 0 Å². The summed E-state index contributed by atoms with van der Waals surface area (Å²) in [6, 6.07) is 17.1. The molecule has 2 aromatic rings. The molecule has 2 aliphatic rings. The first-order valence-corrected chi connectivity index (χ1v) is 5.50. The van der Waals surface area contributed by atoms with Gasteiger partial charge in [0.1, 0.15) is 12.4 Å². The van der Waals surface area contributed by atoms with Crippen LogP contribution < -0.4 is 0 Å². The Morgan fingerprint density at radius 3 is 1.56 bits per heavy atom. The molecule has 0 spiro atoms. The molecule has 2 aromatic carbocycles. The average molecular weight is 206 g/mol. The first-order valence-electron chi connectivity index (χ1n) is 5.50. The van der Waals surface area contributed by atoms with Crippen molar-refractivity contribution >= 4 is 5.57 Å². The molecule has 0 saturated carbocycles. The van der Waals surface area contributed by atoms with E-state index in [-0.39, 0.29) is 0 Å². The third-order valence-electron chi connectivity index (χ3n) is 3.25. The lowest BCUT2D eigenvalue weighted by atomic mass is 10.0. The molecule has 0 radical (unpaired) electrons. The summed E-state index contributed by atoms with van der Waals surface area (Å²) in [6.45, 7) is 0.790. The van der Waals surface area contributed by atoms with Crippen LogP contribution in [-0.4, -0.2) is 6.61 Å². The van der Waals surface area contributed by atoms with Crippen molar-refractivity contribution in [2.24, 2.45) is 0 Å². The minimum Gasteiger partial charge on any atom is -0.486 e. The second kappa shape index (κ2) is 2.76. The number of ether oxygens (including phenoxy) is 1. The second-order valence-electron chi connectivity index (χ2n) is 4.18. The minimum absolute atomic E-state index is 0.790. The SMILES string of the molecule is c1ccc2c(c1)C(=C1CO1)c1ccccc1-2. The summed E-state index contributed by atoms with van der Waals surface area (Å²) in [5.74, 6) is 1.14. The summed E-state index contributed by atoms with van der Waals surface area (Å²) in [5, 5.41) is 0. The quantitative estimate of drug-likeness (QED) is 0.513. The molecule has 0 atom stereocenters. The van der Waals surface area contributed by atoms with Gasteiger partial charge in [-0.15, -0.1) is 0 Å². The first-order chi connectivity index (χ1) is 7.95. The number of hydrogen-bond acceptors (Lipinski definition) is 1. The second-order valence-corrected chi connectivity index (χ2v) is 4.18. The van der Waals surface area contributed by atoms with E-state index >= 15 is 0 Å². The molecule has 4 rings (SSSR count). The molecule has 1 heteroatoms. The van der Waals surface area contributed by atoms with Gasteiger partial charge in [0.15, 0.2) is 0 Å². The predicted octanol–water partition coefficient (Wildman–Crippen LogP) is 3.46.